The van der Waals surface area contributed by atoms with Crippen LogP contribution in [0.25, 0.3) is 0 Å². The van der Waals surface area contributed by atoms with Gasteiger partial charge in [-0.2, -0.15) is 0 Å². The number of nitrogens with zero attached hydrogens (tertiary/aromatic N) is 1. The monoisotopic (exact) mass is 314 g/mol. The average molecular weight is 315 g/mol. The van der Waals surface area contributed by atoms with E-state index < -0.39 is 0 Å². The van der Waals surface area contributed by atoms with Gasteiger partial charge in [-0.25, -0.2) is 0 Å². The van der Waals surface area contributed by atoms with E-state index in [0.29, 0.717) is 0 Å². The Morgan fingerprint density at radius 2 is 1.73 bits per heavy atom. The number of aryl methyl sites for hydroxylation is 2. The molecule has 0 aliphatic carbocycles. The third-order valence-corrected chi connectivity index (χ3v) is 4.78. The lowest BCUT2D eigenvalue weighted by Gasteiger charge is -2.36. The zero-order valence-corrected chi connectivity index (χ0v) is 14.0. The maximum absolute atomic E-state index is 6.53. The molecule has 1 aliphatic rings. The molecule has 0 bridgehead atoms. The van der Waals surface area contributed by atoms with E-state index in [9.17, 15) is 0 Å². The summed E-state index contributed by atoms with van der Waals surface area (Å²) in [5.74, 6) is 0. The van der Waals surface area contributed by atoms with Gasteiger partial charge in [0.25, 0.3) is 0 Å². The van der Waals surface area contributed by atoms with Crippen LogP contribution in [0.3, 0.4) is 0 Å². The molecule has 1 atom stereocenters. The number of benzene rings is 2. The first-order valence-corrected chi connectivity index (χ1v) is 8.31. The molecule has 1 N–H and O–H groups in total. The van der Waals surface area contributed by atoms with Crippen molar-refractivity contribution in [1.29, 1.82) is 0 Å². The van der Waals surface area contributed by atoms with Gasteiger partial charge in [0.05, 0.1) is 6.04 Å². The van der Waals surface area contributed by atoms with Crippen LogP contribution < -0.4 is 5.32 Å². The van der Waals surface area contributed by atoms with Crippen molar-refractivity contribution in [2.24, 2.45) is 0 Å². The highest BCUT2D eigenvalue weighted by atomic mass is 35.5. The molecule has 1 unspecified atom stereocenters. The number of hydrogen-bond donors (Lipinski definition) is 1. The highest BCUT2D eigenvalue weighted by molar-refractivity contribution is 6.31. The number of rotatable bonds is 3. The molecule has 2 aromatic rings. The van der Waals surface area contributed by atoms with Crippen LogP contribution in [0.2, 0.25) is 5.02 Å². The second-order valence-corrected chi connectivity index (χ2v) is 6.48. The summed E-state index contributed by atoms with van der Waals surface area (Å²) in [6.45, 7) is 8.50. The Bertz CT molecular complexity index is 648. The first-order valence-electron chi connectivity index (χ1n) is 7.93. The first-order chi connectivity index (χ1) is 10.7. The smallest absolute Gasteiger partial charge is 0.0619 e. The van der Waals surface area contributed by atoms with Gasteiger partial charge >= 0.3 is 0 Å². The van der Waals surface area contributed by atoms with E-state index in [2.05, 4.69) is 54.4 Å². The molecule has 2 aromatic carbocycles. The summed E-state index contributed by atoms with van der Waals surface area (Å²) in [5, 5.41) is 4.29. The number of halogens is 1. The molecule has 1 heterocycles. The second-order valence-electron chi connectivity index (χ2n) is 6.07. The summed E-state index contributed by atoms with van der Waals surface area (Å²) in [5.41, 5.74) is 5.21. The number of hydrogen-bond acceptors (Lipinski definition) is 2. The molecule has 3 heteroatoms. The van der Waals surface area contributed by atoms with Crippen LogP contribution in [-0.4, -0.2) is 31.1 Å². The third-order valence-electron chi connectivity index (χ3n) is 4.44. The standard InChI is InChI=1S/C19H23ClN2/c1-14-7-8-16(15(2)13-14)19(22-11-9-21-10-12-22)17-5-3-4-6-18(17)20/h3-8,13,19,21H,9-12H2,1-2H3. The largest absolute Gasteiger partial charge is 0.314 e. The van der Waals surface area contributed by atoms with Crippen LogP contribution >= 0.6 is 11.6 Å². The van der Waals surface area contributed by atoms with Crippen molar-refractivity contribution in [3.05, 3.63) is 69.7 Å². The van der Waals surface area contributed by atoms with Gasteiger partial charge in [0.1, 0.15) is 0 Å². The van der Waals surface area contributed by atoms with E-state index in [1.54, 1.807) is 0 Å². The van der Waals surface area contributed by atoms with Crippen molar-refractivity contribution in [3.8, 4) is 0 Å². The highest BCUT2D eigenvalue weighted by Crippen LogP contribution is 2.35. The fourth-order valence-corrected chi connectivity index (χ4v) is 3.57. The maximum atomic E-state index is 6.53. The summed E-state index contributed by atoms with van der Waals surface area (Å²) in [6, 6.07) is 15.2. The van der Waals surface area contributed by atoms with E-state index in [1.807, 2.05) is 12.1 Å². The summed E-state index contributed by atoms with van der Waals surface area (Å²) in [6.07, 6.45) is 0. The molecule has 1 saturated heterocycles. The predicted octanol–water partition coefficient (Wildman–Crippen LogP) is 3.95. The molecule has 1 fully saturated rings. The fourth-order valence-electron chi connectivity index (χ4n) is 3.33. The summed E-state index contributed by atoms with van der Waals surface area (Å²) in [4.78, 5) is 2.54. The molecule has 0 amide bonds. The van der Waals surface area contributed by atoms with Crippen LogP contribution in [0.1, 0.15) is 28.3 Å². The van der Waals surface area contributed by atoms with Crippen molar-refractivity contribution in [2.45, 2.75) is 19.9 Å². The van der Waals surface area contributed by atoms with E-state index >= 15 is 0 Å². The van der Waals surface area contributed by atoms with Gasteiger partial charge in [-0.3, -0.25) is 4.90 Å². The lowest BCUT2D eigenvalue weighted by molar-refractivity contribution is 0.198. The van der Waals surface area contributed by atoms with Gasteiger partial charge in [-0.15, -0.1) is 0 Å². The molecule has 0 spiro atoms. The number of piperazine rings is 1. The molecular weight excluding hydrogens is 292 g/mol. The fraction of sp³-hybridized carbons (Fsp3) is 0.368. The van der Waals surface area contributed by atoms with Gasteiger partial charge in [0.15, 0.2) is 0 Å². The molecule has 116 valence electrons. The summed E-state index contributed by atoms with van der Waals surface area (Å²) < 4.78 is 0. The van der Waals surface area contributed by atoms with Gasteiger partial charge in [-0.05, 0) is 36.6 Å². The molecular formula is C19H23ClN2. The van der Waals surface area contributed by atoms with Crippen LogP contribution in [0, 0.1) is 13.8 Å². The zero-order chi connectivity index (χ0) is 15.5. The molecule has 0 radical (unpaired) electrons. The van der Waals surface area contributed by atoms with E-state index in [-0.39, 0.29) is 6.04 Å². The van der Waals surface area contributed by atoms with Crippen molar-refractivity contribution >= 4 is 11.6 Å². The van der Waals surface area contributed by atoms with Crippen molar-refractivity contribution < 1.29 is 0 Å². The molecule has 1 aliphatic heterocycles. The molecule has 0 aromatic heterocycles. The first kappa shape index (κ1) is 15.5. The summed E-state index contributed by atoms with van der Waals surface area (Å²) in [7, 11) is 0. The second kappa shape index (κ2) is 6.82. The Morgan fingerprint density at radius 3 is 2.41 bits per heavy atom. The quantitative estimate of drug-likeness (QED) is 0.922. The van der Waals surface area contributed by atoms with Crippen molar-refractivity contribution in [3.63, 3.8) is 0 Å². The Hall–Kier alpha value is -1.35. The third kappa shape index (κ3) is 3.19. The van der Waals surface area contributed by atoms with Crippen molar-refractivity contribution in [1.82, 2.24) is 10.2 Å². The average Bonchev–Trinajstić information content (AvgIpc) is 2.52. The van der Waals surface area contributed by atoms with Crippen LogP contribution in [0.15, 0.2) is 42.5 Å². The Kier molecular flexibility index (Phi) is 4.82. The highest BCUT2D eigenvalue weighted by Gasteiger charge is 2.26. The molecule has 22 heavy (non-hydrogen) atoms. The van der Waals surface area contributed by atoms with Crippen molar-refractivity contribution in [2.75, 3.05) is 26.2 Å². The summed E-state index contributed by atoms with van der Waals surface area (Å²) >= 11 is 6.53. The predicted molar refractivity (Wildman–Crippen MR) is 93.7 cm³/mol. The van der Waals surface area contributed by atoms with Gasteiger partial charge in [0, 0.05) is 31.2 Å². The van der Waals surface area contributed by atoms with Gasteiger partial charge in [-0.1, -0.05) is 53.6 Å². The molecule has 3 rings (SSSR count). The molecule has 2 nitrogen and oxygen atoms in total. The molecule has 0 saturated carbocycles. The van der Waals surface area contributed by atoms with Crippen LogP contribution in [-0.2, 0) is 0 Å². The Balaban J connectivity index is 2.08. The van der Waals surface area contributed by atoms with Crippen LogP contribution in [0.5, 0.6) is 0 Å². The minimum atomic E-state index is 0.233. The maximum Gasteiger partial charge on any atom is 0.0619 e. The number of nitrogens with one attached hydrogen (secondary N) is 1. The van der Waals surface area contributed by atoms with E-state index in [0.717, 1.165) is 31.2 Å². The topological polar surface area (TPSA) is 15.3 Å². The lowest BCUT2D eigenvalue weighted by Crippen LogP contribution is -2.45. The Labute approximate surface area is 138 Å². The van der Waals surface area contributed by atoms with Gasteiger partial charge < -0.3 is 5.32 Å². The van der Waals surface area contributed by atoms with Crippen LogP contribution in [0.4, 0.5) is 0 Å². The lowest BCUT2D eigenvalue weighted by atomic mass is 9.92. The Morgan fingerprint density at radius 1 is 1.00 bits per heavy atom. The SMILES string of the molecule is Cc1ccc(C(c2ccccc2Cl)N2CCNCC2)c(C)c1. The van der Waals surface area contributed by atoms with E-state index in [1.165, 1.54) is 22.3 Å². The normalized spacial score (nSPS) is 17.4. The minimum absolute atomic E-state index is 0.233. The zero-order valence-electron chi connectivity index (χ0n) is 13.3. The van der Waals surface area contributed by atoms with Gasteiger partial charge in [0.2, 0.25) is 0 Å². The minimum Gasteiger partial charge on any atom is -0.314 e. The van der Waals surface area contributed by atoms with E-state index in [4.69, 9.17) is 11.6 Å².